The van der Waals surface area contributed by atoms with E-state index in [1.54, 1.807) is 0 Å². The zero-order valence-corrected chi connectivity index (χ0v) is 13.0. The topological polar surface area (TPSA) is 42.7 Å². The van der Waals surface area contributed by atoms with E-state index >= 15 is 0 Å². The maximum Gasteiger partial charge on any atom is 0.133 e. The predicted octanol–water partition coefficient (Wildman–Crippen LogP) is 2.56. The van der Waals surface area contributed by atoms with Crippen LogP contribution < -0.4 is 5.32 Å². The molecule has 2 aromatic heterocycles. The molecule has 1 atom stereocenters. The Morgan fingerprint density at radius 1 is 1.45 bits per heavy atom. The van der Waals surface area contributed by atoms with Crippen molar-refractivity contribution in [3.8, 4) is 0 Å². The highest BCUT2D eigenvalue weighted by molar-refractivity contribution is 7.10. The van der Waals surface area contributed by atoms with Gasteiger partial charge in [-0.15, -0.1) is 21.5 Å². The van der Waals surface area contributed by atoms with Gasteiger partial charge in [-0.05, 0) is 36.3 Å². The second-order valence-electron chi connectivity index (χ2n) is 5.56. The smallest absolute Gasteiger partial charge is 0.133 e. The summed E-state index contributed by atoms with van der Waals surface area (Å²) >= 11 is 1.84. The predicted molar refractivity (Wildman–Crippen MR) is 82.0 cm³/mol. The molecule has 2 aromatic rings. The fourth-order valence-corrected chi connectivity index (χ4v) is 3.73. The van der Waals surface area contributed by atoms with Crippen LogP contribution in [0.4, 0.5) is 0 Å². The van der Waals surface area contributed by atoms with Crippen molar-refractivity contribution in [3.05, 3.63) is 33.5 Å². The summed E-state index contributed by atoms with van der Waals surface area (Å²) in [6.45, 7) is 7.49. The van der Waals surface area contributed by atoms with Crippen LogP contribution in [0.2, 0.25) is 0 Å². The first-order valence-corrected chi connectivity index (χ1v) is 8.30. The first-order valence-electron chi connectivity index (χ1n) is 7.42. The van der Waals surface area contributed by atoms with Gasteiger partial charge < -0.3 is 9.88 Å². The van der Waals surface area contributed by atoms with E-state index < -0.39 is 0 Å². The van der Waals surface area contributed by atoms with E-state index in [0.29, 0.717) is 5.92 Å². The van der Waals surface area contributed by atoms with Crippen molar-refractivity contribution in [1.82, 2.24) is 20.1 Å². The van der Waals surface area contributed by atoms with E-state index in [1.807, 2.05) is 11.3 Å². The van der Waals surface area contributed by atoms with Crippen LogP contribution in [0.15, 0.2) is 11.4 Å². The minimum Gasteiger partial charge on any atom is -0.315 e. The molecule has 3 rings (SSSR count). The van der Waals surface area contributed by atoms with Crippen LogP contribution >= 0.6 is 11.3 Å². The Bertz CT molecular complexity index is 559. The Morgan fingerprint density at radius 2 is 2.35 bits per heavy atom. The van der Waals surface area contributed by atoms with Gasteiger partial charge in [0.1, 0.15) is 11.6 Å². The molecule has 20 heavy (non-hydrogen) atoms. The molecule has 0 unspecified atom stereocenters. The molecule has 3 heterocycles. The molecule has 0 aromatic carbocycles. The van der Waals surface area contributed by atoms with Gasteiger partial charge in [-0.25, -0.2) is 0 Å². The highest BCUT2D eigenvalue weighted by Gasteiger charge is 2.21. The molecule has 0 saturated heterocycles. The quantitative estimate of drug-likeness (QED) is 0.920. The molecule has 0 amide bonds. The van der Waals surface area contributed by atoms with Gasteiger partial charge in [-0.1, -0.05) is 6.92 Å². The van der Waals surface area contributed by atoms with Gasteiger partial charge in [0.15, 0.2) is 0 Å². The maximum atomic E-state index is 4.29. The van der Waals surface area contributed by atoms with Crippen molar-refractivity contribution >= 4 is 11.3 Å². The number of hydrogen-bond donors (Lipinski definition) is 1. The second kappa shape index (κ2) is 6.06. The van der Waals surface area contributed by atoms with E-state index in [4.69, 9.17) is 0 Å². The third kappa shape index (κ3) is 2.79. The molecule has 0 bridgehead atoms. The monoisotopic (exact) mass is 290 g/mol. The summed E-state index contributed by atoms with van der Waals surface area (Å²) in [6, 6.07) is 2.19. The van der Waals surface area contributed by atoms with Crippen molar-refractivity contribution in [2.24, 2.45) is 5.92 Å². The van der Waals surface area contributed by atoms with E-state index in [9.17, 15) is 0 Å². The Kier molecular flexibility index (Phi) is 4.17. The van der Waals surface area contributed by atoms with Gasteiger partial charge in [0.2, 0.25) is 0 Å². The van der Waals surface area contributed by atoms with Crippen molar-refractivity contribution in [3.63, 3.8) is 0 Å². The highest BCUT2D eigenvalue weighted by Crippen LogP contribution is 2.20. The van der Waals surface area contributed by atoms with E-state index in [1.165, 1.54) is 22.7 Å². The first-order chi connectivity index (χ1) is 9.78. The number of nitrogens with one attached hydrogen (secondary N) is 1. The Labute approximate surface area is 124 Å². The molecule has 4 nitrogen and oxygen atoms in total. The standard InChI is InChI=1S/C15H22N4S/c1-3-14-17-18-15-5-4-12(10-19(14)15)8-16-9-13-11(2)6-7-20-13/h6-7,12,16H,3-5,8-10H2,1-2H3/t12-/m0/s1. The number of nitrogens with zero attached hydrogens (tertiary/aromatic N) is 3. The highest BCUT2D eigenvalue weighted by atomic mass is 32.1. The summed E-state index contributed by atoms with van der Waals surface area (Å²) in [5, 5.41) is 14.4. The fraction of sp³-hybridized carbons (Fsp3) is 0.600. The molecule has 0 aliphatic carbocycles. The van der Waals surface area contributed by atoms with Crippen LogP contribution in [0.3, 0.4) is 0 Å². The molecular weight excluding hydrogens is 268 g/mol. The summed E-state index contributed by atoms with van der Waals surface area (Å²) < 4.78 is 2.33. The van der Waals surface area contributed by atoms with E-state index in [-0.39, 0.29) is 0 Å². The van der Waals surface area contributed by atoms with Gasteiger partial charge in [0.25, 0.3) is 0 Å². The first kappa shape index (κ1) is 13.8. The lowest BCUT2D eigenvalue weighted by Crippen LogP contribution is -2.30. The lowest BCUT2D eigenvalue weighted by Gasteiger charge is -2.24. The molecule has 0 fully saturated rings. The van der Waals surface area contributed by atoms with Crippen LogP contribution in [0.25, 0.3) is 0 Å². The Morgan fingerprint density at radius 3 is 3.10 bits per heavy atom. The van der Waals surface area contributed by atoms with Gasteiger partial charge >= 0.3 is 0 Å². The molecule has 1 aliphatic heterocycles. The SMILES string of the molecule is CCc1nnc2n1C[C@H](CNCc1sccc1C)CC2. The summed E-state index contributed by atoms with van der Waals surface area (Å²) in [4.78, 5) is 1.46. The molecule has 1 aliphatic rings. The third-order valence-electron chi connectivity index (χ3n) is 4.12. The number of fused-ring (bicyclic) bond motifs is 1. The van der Waals surface area contributed by atoms with Crippen LogP contribution in [0.5, 0.6) is 0 Å². The molecule has 0 spiro atoms. The number of hydrogen-bond acceptors (Lipinski definition) is 4. The largest absolute Gasteiger partial charge is 0.315 e. The molecule has 5 heteroatoms. The average Bonchev–Trinajstić information content (AvgIpc) is 3.05. The third-order valence-corrected chi connectivity index (χ3v) is 5.15. The Balaban J connectivity index is 1.54. The fourth-order valence-electron chi connectivity index (χ4n) is 2.85. The van der Waals surface area contributed by atoms with Crippen molar-refractivity contribution < 1.29 is 0 Å². The normalized spacial score (nSPS) is 18.2. The van der Waals surface area contributed by atoms with E-state index in [2.05, 4.69) is 45.4 Å². The van der Waals surface area contributed by atoms with Crippen LogP contribution in [0.1, 0.15) is 35.4 Å². The summed E-state index contributed by atoms with van der Waals surface area (Å²) in [5.41, 5.74) is 1.40. The summed E-state index contributed by atoms with van der Waals surface area (Å²) in [7, 11) is 0. The number of rotatable bonds is 5. The molecule has 0 radical (unpaired) electrons. The van der Waals surface area contributed by atoms with Gasteiger partial charge in [-0.3, -0.25) is 0 Å². The van der Waals surface area contributed by atoms with Gasteiger partial charge in [-0.2, -0.15) is 0 Å². The average molecular weight is 290 g/mol. The molecule has 0 saturated carbocycles. The zero-order chi connectivity index (χ0) is 13.9. The Hall–Kier alpha value is -1.20. The second-order valence-corrected chi connectivity index (χ2v) is 6.56. The summed E-state index contributed by atoms with van der Waals surface area (Å²) in [6.07, 6.45) is 3.26. The zero-order valence-electron chi connectivity index (χ0n) is 12.2. The van der Waals surface area contributed by atoms with Crippen LogP contribution in [-0.2, 0) is 25.9 Å². The van der Waals surface area contributed by atoms with Gasteiger partial charge in [0.05, 0.1) is 0 Å². The minimum absolute atomic E-state index is 0.698. The van der Waals surface area contributed by atoms with Crippen molar-refractivity contribution in [2.45, 2.75) is 46.2 Å². The van der Waals surface area contributed by atoms with Crippen molar-refractivity contribution in [1.29, 1.82) is 0 Å². The molecule has 108 valence electrons. The number of aromatic nitrogens is 3. The number of thiophene rings is 1. The van der Waals surface area contributed by atoms with Gasteiger partial charge in [0, 0.05) is 37.4 Å². The summed E-state index contributed by atoms with van der Waals surface area (Å²) in [5.74, 6) is 3.01. The number of aryl methyl sites for hydroxylation is 3. The molecule has 1 N–H and O–H groups in total. The van der Waals surface area contributed by atoms with Crippen LogP contribution in [-0.4, -0.2) is 21.3 Å². The van der Waals surface area contributed by atoms with E-state index in [0.717, 1.165) is 38.3 Å². The minimum atomic E-state index is 0.698. The maximum absolute atomic E-state index is 4.29. The lowest BCUT2D eigenvalue weighted by molar-refractivity contribution is 0.343. The van der Waals surface area contributed by atoms with Crippen LogP contribution in [0, 0.1) is 12.8 Å². The van der Waals surface area contributed by atoms with Crippen molar-refractivity contribution in [2.75, 3.05) is 6.54 Å². The lowest BCUT2D eigenvalue weighted by atomic mass is 9.99. The molecular formula is C15H22N4S.